The maximum absolute atomic E-state index is 5.30. The SMILES string of the molecule is CCC(C)c1ccc(NC(C)C(C)OC)cc1. The summed E-state index contributed by atoms with van der Waals surface area (Å²) >= 11 is 0. The second kappa shape index (κ2) is 6.65. The Morgan fingerprint density at radius 3 is 2.18 bits per heavy atom. The summed E-state index contributed by atoms with van der Waals surface area (Å²) in [5.41, 5.74) is 2.57. The molecule has 2 heteroatoms. The number of ether oxygens (including phenoxy) is 1. The molecule has 3 atom stereocenters. The molecule has 0 saturated heterocycles. The van der Waals surface area contributed by atoms with E-state index in [0.29, 0.717) is 12.0 Å². The Kier molecular flexibility index (Phi) is 5.49. The van der Waals surface area contributed by atoms with Gasteiger partial charge in [0.1, 0.15) is 0 Å². The number of methoxy groups -OCH3 is 1. The summed E-state index contributed by atoms with van der Waals surface area (Å²) in [5.74, 6) is 0.638. The first kappa shape index (κ1) is 14.0. The molecule has 0 bridgehead atoms. The zero-order valence-corrected chi connectivity index (χ0v) is 11.7. The summed E-state index contributed by atoms with van der Waals surface area (Å²) in [6.07, 6.45) is 1.40. The molecule has 0 saturated carbocycles. The van der Waals surface area contributed by atoms with Gasteiger partial charge < -0.3 is 10.1 Å². The molecule has 0 fully saturated rings. The highest BCUT2D eigenvalue weighted by atomic mass is 16.5. The number of hydrogen-bond acceptors (Lipinski definition) is 2. The normalized spacial score (nSPS) is 16.3. The average Bonchev–Trinajstić information content (AvgIpc) is 2.37. The van der Waals surface area contributed by atoms with Gasteiger partial charge in [-0.05, 0) is 43.9 Å². The van der Waals surface area contributed by atoms with Crippen LogP contribution >= 0.6 is 0 Å². The molecule has 1 aromatic carbocycles. The van der Waals surface area contributed by atoms with E-state index in [2.05, 4.69) is 57.3 Å². The fraction of sp³-hybridized carbons (Fsp3) is 0.600. The van der Waals surface area contributed by atoms with Crippen LogP contribution in [0.2, 0.25) is 0 Å². The largest absolute Gasteiger partial charge is 0.380 e. The predicted molar refractivity (Wildman–Crippen MR) is 74.7 cm³/mol. The smallest absolute Gasteiger partial charge is 0.0741 e. The highest BCUT2D eigenvalue weighted by Crippen LogP contribution is 2.21. The van der Waals surface area contributed by atoms with Crippen molar-refractivity contribution in [3.63, 3.8) is 0 Å². The van der Waals surface area contributed by atoms with Gasteiger partial charge in [0.05, 0.1) is 6.10 Å². The molecule has 1 rings (SSSR count). The zero-order valence-electron chi connectivity index (χ0n) is 11.7. The van der Waals surface area contributed by atoms with Gasteiger partial charge in [-0.3, -0.25) is 0 Å². The minimum atomic E-state index is 0.212. The van der Waals surface area contributed by atoms with E-state index < -0.39 is 0 Å². The lowest BCUT2D eigenvalue weighted by molar-refractivity contribution is 0.106. The van der Waals surface area contributed by atoms with Crippen LogP contribution in [-0.4, -0.2) is 19.3 Å². The predicted octanol–water partition coefficient (Wildman–Crippen LogP) is 4.04. The molecule has 0 heterocycles. The molecule has 0 aliphatic carbocycles. The summed E-state index contributed by atoms with van der Waals surface area (Å²) < 4.78 is 5.30. The van der Waals surface area contributed by atoms with Crippen LogP contribution in [0.3, 0.4) is 0 Å². The Balaban J connectivity index is 2.62. The third kappa shape index (κ3) is 4.04. The number of hydrogen-bond donors (Lipinski definition) is 1. The fourth-order valence-electron chi connectivity index (χ4n) is 1.73. The van der Waals surface area contributed by atoms with E-state index in [4.69, 9.17) is 4.74 Å². The second-order valence-electron chi connectivity index (χ2n) is 4.81. The van der Waals surface area contributed by atoms with Crippen molar-refractivity contribution in [1.29, 1.82) is 0 Å². The van der Waals surface area contributed by atoms with Crippen LogP contribution in [0.15, 0.2) is 24.3 Å². The molecule has 96 valence electrons. The average molecular weight is 235 g/mol. The number of anilines is 1. The first-order valence-electron chi connectivity index (χ1n) is 6.47. The molecule has 17 heavy (non-hydrogen) atoms. The molecule has 1 N–H and O–H groups in total. The Hall–Kier alpha value is -1.02. The monoisotopic (exact) mass is 235 g/mol. The van der Waals surface area contributed by atoms with Crippen molar-refractivity contribution in [3.8, 4) is 0 Å². The molecule has 0 aromatic heterocycles. The summed E-state index contributed by atoms with van der Waals surface area (Å²) in [6.45, 7) is 8.69. The van der Waals surface area contributed by atoms with Crippen molar-refractivity contribution < 1.29 is 4.74 Å². The molecule has 0 aliphatic heterocycles. The van der Waals surface area contributed by atoms with E-state index in [-0.39, 0.29) is 6.10 Å². The third-order valence-corrected chi connectivity index (χ3v) is 3.56. The minimum Gasteiger partial charge on any atom is -0.380 e. The second-order valence-corrected chi connectivity index (χ2v) is 4.81. The van der Waals surface area contributed by atoms with E-state index in [9.17, 15) is 0 Å². The van der Waals surface area contributed by atoms with Gasteiger partial charge in [-0.2, -0.15) is 0 Å². The standard InChI is InChI=1S/C15H25NO/c1-6-11(2)14-7-9-15(10-8-14)16-12(3)13(4)17-5/h7-13,16H,6H2,1-5H3. The maximum atomic E-state index is 5.30. The van der Waals surface area contributed by atoms with Gasteiger partial charge in [-0.1, -0.05) is 26.0 Å². The van der Waals surface area contributed by atoms with Crippen molar-refractivity contribution in [2.75, 3.05) is 12.4 Å². The highest BCUT2D eigenvalue weighted by molar-refractivity contribution is 5.46. The van der Waals surface area contributed by atoms with Gasteiger partial charge in [0.15, 0.2) is 0 Å². The number of benzene rings is 1. The van der Waals surface area contributed by atoms with Crippen LogP contribution in [0, 0.1) is 0 Å². The van der Waals surface area contributed by atoms with Crippen molar-refractivity contribution >= 4 is 5.69 Å². The highest BCUT2D eigenvalue weighted by Gasteiger charge is 2.10. The van der Waals surface area contributed by atoms with Crippen LogP contribution < -0.4 is 5.32 Å². The summed E-state index contributed by atoms with van der Waals surface area (Å²) in [7, 11) is 1.74. The van der Waals surface area contributed by atoms with Gasteiger partial charge in [-0.15, -0.1) is 0 Å². The van der Waals surface area contributed by atoms with Crippen molar-refractivity contribution in [3.05, 3.63) is 29.8 Å². The molecule has 3 unspecified atom stereocenters. The third-order valence-electron chi connectivity index (χ3n) is 3.56. The van der Waals surface area contributed by atoms with Gasteiger partial charge in [0.2, 0.25) is 0 Å². The molecule has 0 amide bonds. The molecule has 0 radical (unpaired) electrons. The Labute approximate surface area is 105 Å². The lowest BCUT2D eigenvalue weighted by Gasteiger charge is -2.21. The summed E-state index contributed by atoms with van der Waals surface area (Å²) in [6, 6.07) is 9.04. The summed E-state index contributed by atoms with van der Waals surface area (Å²) in [4.78, 5) is 0. The maximum Gasteiger partial charge on any atom is 0.0741 e. The Morgan fingerprint density at radius 1 is 1.12 bits per heavy atom. The quantitative estimate of drug-likeness (QED) is 0.803. The lowest BCUT2D eigenvalue weighted by atomic mass is 9.98. The molecule has 0 aliphatic rings. The van der Waals surface area contributed by atoms with E-state index in [1.54, 1.807) is 7.11 Å². The minimum absolute atomic E-state index is 0.212. The zero-order chi connectivity index (χ0) is 12.8. The molecular formula is C15H25NO. The van der Waals surface area contributed by atoms with Crippen molar-refractivity contribution in [2.45, 2.75) is 52.2 Å². The van der Waals surface area contributed by atoms with E-state index in [1.807, 2.05) is 0 Å². The van der Waals surface area contributed by atoms with Gasteiger partial charge >= 0.3 is 0 Å². The Morgan fingerprint density at radius 2 is 1.71 bits per heavy atom. The first-order valence-corrected chi connectivity index (χ1v) is 6.47. The van der Waals surface area contributed by atoms with Crippen molar-refractivity contribution in [2.24, 2.45) is 0 Å². The number of nitrogens with one attached hydrogen (secondary N) is 1. The van der Waals surface area contributed by atoms with E-state index in [0.717, 1.165) is 5.69 Å². The van der Waals surface area contributed by atoms with Crippen LogP contribution in [0.4, 0.5) is 5.69 Å². The van der Waals surface area contributed by atoms with Crippen LogP contribution in [0.5, 0.6) is 0 Å². The van der Waals surface area contributed by atoms with Gasteiger partial charge in [-0.25, -0.2) is 0 Å². The molecule has 1 aromatic rings. The fourth-order valence-corrected chi connectivity index (χ4v) is 1.73. The Bertz CT molecular complexity index is 320. The van der Waals surface area contributed by atoms with E-state index >= 15 is 0 Å². The summed E-state index contributed by atoms with van der Waals surface area (Å²) in [5, 5.41) is 3.45. The van der Waals surface area contributed by atoms with Crippen LogP contribution in [0.25, 0.3) is 0 Å². The van der Waals surface area contributed by atoms with Crippen molar-refractivity contribution in [1.82, 2.24) is 0 Å². The van der Waals surface area contributed by atoms with E-state index in [1.165, 1.54) is 12.0 Å². The van der Waals surface area contributed by atoms with Gasteiger partial charge in [0, 0.05) is 18.8 Å². The molecule has 0 spiro atoms. The number of rotatable bonds is 6. The first-order chi connectivity index (χ1) is 8.08. The van der Waals surface area contributed by atoms with Crippen LogP contribution in [0.1, 0.15) is 45.6 Å². The lowest BCUT2D eigenvalue weighted by Crippen LogP contribution is -2.29. The molecular weight excluding hydrogens is 210 g/mol. The topological polar surface area (TPSA) is 21.3 Å². The van der Waals surface area contributed by atoms with Crippen LogP contribution in [-0.2, 0) is 4.74 Å². The molecule has 2 nitrogen and oxygen atoms in total. The van der Waals surface area contributed by atoms with Gasteiger partial charge in [0.25, 0.3) is 0 Å².